The first kappa shape index (κ1) is 18.9. The summed E-state index contributed by atoms with van der Waals surface area (Å²) in [5.74, 6) is 1.29. The maximum Gasteiger partial charge on any atom is 0.237 e. The number of aryl methyl sites for hydroxylation is 1. The number of furan rings is 1. The van der Waals surface area contributed by atoms with Crippen LogP contribution in [-0.4, -0.2) is 31.7 Å². The minimum absolute atomic E-state index is 0.0113. The van der Waals surface area contributed by atoms with Crippen LogP contribution >= 0.6 is 11.8 Å². The van der Waals surface area contributed by atoms with Crippen molar-refractivity contribution in [2.24, 2.45) is 7.05 Å². The molecule has 27 heavy (non-hydrogen) atoms. The van der Waals surface area contributed by atoms with Crippen LogP contribution in [0.3, 0.4) is 0 Å². The van der Waals surface area contributed by atoms with E-state index >= 15 is 0 Å². The number of hydrogen-bond donors (Lipinski definition) is 1. The SMILES string of the molecule is CC(=O)c1ccc(NC(=O)[C@H](C)Sc2nnc(-c3ccoc3C)n2C)cc1. The first-order valence-corrected chi connectivity index (χ1v) is 9.27. The number of carbonyl (C=O) groups excluding carboxylic acids is 2. The van der Waals surface area contributed by atoms with Crippen molar-refractivity contribution in [3.63, 3.8) is 0 Å². The van der Waals surface area contributed by atoms with Gasteiger partial charge in [-0.05, 0) is 51.1 Å². The van der Waals surface area contributed by atoms with E-state index < -0.39 is 0 Å². The van der Waals surface area contributed by atoms with E-state index in [1.807, 2.05) is 24.6 Å². The van der Waals surface area contributed by atoms with Gasteiger partial charge in [0.2, 0.25) is 5.91 Å². The molecule has 0 bridgehead atoms. The number of hydrogen-bond acceptors (Lipinski definition) is 6. The van der Waals surface area contributed by atoms with Gasteiger partial charge in [-0.2, -0.15) is 0 Å². The number of nitrogens with one attached hydrogen (secondary N) is 1. The molecule has 0 aliphatic heterocycles. The Labute approximate surface area is 161 Å². The highest BCUT2D eigenvalue weighted by Crippen LogP contribution is 2.28. The summed E-state index contributed by atoms with van der Waals surface area (Å²) in [4.78, 5) is 23.8. The summed E-state index contributed by atoms with van der Waals surface area (Å²) >= 11 is 1.32. The van der Waals surface area contributed by atoms with Crippen molar-refractivity contribution < 1.29 is 14.0 Å². The molecule has 0 saturated heterocycles. The molecule has 1 N–H and O–H groups in total. The minimum Gasteiger partial charge on any atom is -0.469 e. The molecule has 0 unspecified atom stereocenters. The fraction of sp³-hybridized carbons (Fsp3) is 0.263. The highest BCUT2D eigenvalue weighted by atomic mass is 32.2. The Balaban J connectivity index is 1.67. The molecule has 3 aromatic rings. The van der Waals surface area contributed by atoms with Crippen molar-refractivity contribution in [3.8, 4) is 11.4 Å². The summed E-state index contributed by atoms with van der Waals surface area (Å²) < 4.78 is 7.16. The van der Waals surface area contributed by atoms with Crippen LogP contribution in [0.5, 0.6) is 0 Å². The fourth-order valence-electron chi connectivity index (χ4n) is 2.51. The van der Waals surface area contributed by atoms with Gasteiger partial charge in [-0.15, -0.1) is 10.2 Å². The van der Waals surface area contributed by atoms with Gasteiger partial charge >= 0.3 is 0 Å². The second-order valence-corrected chi connectivity index (χ2v) is 7.45. The summed E-state index contributed by atoms with van der Waals surface area (Å²) in [6.07, 6.45) is 1.61. The normalized spacial score (nSPS) is 12.0. The van der Waals surface area contributed by atoms with Crippen LogP contribution in [0.1, 0.15) is 30.0 Å². The maximum atomic E-state index is 12.5. The zero-order valence-electron chi connectivity index (χ0n) is 15.5. The number of amides is 1. The van der Waals surface area contributed by atoms with Gasteiger partial charge in [0.1, 0.15) is 5.76 Å². The average molecular weight is 384 g/mol. The van der Waals surface area contributed by atoms with Gasteiger partial charge in [0.15, 0.2) is 16.8 Å². The van der Waals surface area contributed by atoms with Crippen LogP contribution in [0.15, 0.2) is 46.2 Å². The van der Waals surface area contributed by atoms with Crippen LogP contribution in [0.4, 0.5) is 5.69 Å². The van der Waals surface area contributed by atoms with Crippen LogP contribution in [0.25, 0.3) is 11.4 Å². The molecule has 0 radical (unpaired) electrons. The topological polar surface area (TPSA) is 90.0 Å². The minimum atomic E-state index is -0.376. The van der Waals surface area contributed by atoms with Crippen molar-refractivity contribution in [1.29, 1.82) is 0 Å². The maximum absolute atomic E-state index is 12.5. The number of rotatable bonds is 6. The first-order valence-electron chi connectivity index (χ1n) is 8.39. The van der Waals surface area contributed by atoms with E-state index in [1.165, 1.54) is 18.7 Å². The predicted molar refractivity (Wildman–Crippen MR) is 104 cm³/mol. The average Bonchev–Trinajstić information content (AvgIpc) is 3.21. The second-order valence-electron chi connectivity index (χ2n) is 6.14. The van der Waals surface area contributed by atoms with E-state index in [1.54, 1.807) is 37.5 Å². The third kappa shape index (κ3) is 4.11. The smallest absolute Gasteiger partial charge is 0.237 e. The number of benzene rings is 1. The summed E-state index contributed by atoms with van der Waals surface area (Å²) in [6.45, 7) is 5.18. The Morgan fingerprint density at radius 1 is 1.19 bits per heavy atom. The predicted octanol–water partition coefficient (Wildman–Crippen LogP) is 3.71. The molecule has 0 spiro atoms. The van der Waals surface area contributed by atoms with Gasteiger partial charge in [-0.3, -0.25) is 9.59 Å². The van der Waals surface area contributed by atoms with Gasteiger partial charge < -0.3 is 14.3 Å². The number of thioether (sulfide) groups is 1. The van der Waals surface area contributed by atoms with Gasteiger partial charge in [0.05, 0.1) is 17.1 Å². The van der Waals surface area contributed by atoms with Crippen LogP contribution < -0.4 is 5.32 Å². The first-order chi connectivity index (χ1) is 12.9. The zero-order chi connectivity index (χ0) is 19.6. The highest BCUT2D eigenvalue weighted by Gasteiger charge is 2.20. The lowest BCUT2D eigenvalue weighted by atomic mass is 10.1. The Morgan fingerprint density at radius 3 is 2.48 bits per heavy atom. The molecular formula is C19H20N4O3S. The van der Waals surface area contributed by atoms with E-state index in [-0.39, 0.29) is 16.9 Å². The quantitative estimate of drug-likeness (QED) is 0.515. The van der Waals surface area contributed by atoms with Crippen molar-refractivity contribution in [2.75, 3.05) is 5.32 Å². The largest absolute Gasteiger partial charge is 0.469 e. The molecule has 3 rings (SSSR count). The number of carbonyl (C=O) groups is 2. The molecule has 140 valence electrons. The van der Waals surface area contributed by atoms with Gasteiger partial charge in [-0.25, -0.2) is 0 Å². The number of Topliss-reactive ketones (excluding diaryl/α,β-unsaturated/α-hetero) is 1. The standard InChI is InChI=1S/C19H20N4O3S/c1-11(24)14-5-7-15(8-6-14)20-18(25)13(3)27-19-22-21-17(23(19)4)16-9-10-26-12(16)2/h5-10,13H,1-4H3,(H,20,25)/t13-/m0/s1. The van der Waals surface area contributed by atoms with Crippen molar-refractivity contribution in [1.82, 2.24) is 14.8 Å². The molecule has 2 aromatic heterocycles. The number of aromatic nitrogens is 3. The van der Waals surface area contributed by atoms with E-state index in [4.69, 9.17) is 4.42 Å². The fourth-order valence-corrected chi connectivity index (χ4v) is 3.33. The lowest BCUT2D eigenvalue weighted by molar-refractivity contribution is -0.115. The Bertz CT molecular complexity index is 975. The van der Waals surface area contributed by atoms with Crippen molar-refractivity contribution in [2.45, 2.75) is 31.2 Å². The molecule has 0 aliphatic rings. The molecule has 2 heterocycles. The molecule has 0 fully saturated rings. The number of anilines is 1. The van der Waals surface area contributed by atoms with Gasteiger partial charge in [-0.1, -0.05) is 11.8 Å². The Morgan fingerprint density at radius 2 is 1.89 bits per heavy atom. The molecule has 1 amide bonds. The van der Waals surface area contributed by atoms with E-state index in [0.717, 1.165) is 11.3 Å². The highest BCUT2D eigenvalue weighted by molar-refractivity contribution is 8.00. The lowest BCUT2D eigenvalue weighted by Gasteiger charge is -2.12. The van der Waals surface area contributed by atoms with Crippen LogP contribution in [0, 0.1) is 6.92 Å². The van der Waals surface area contributed by atoms with Gasteiger partial charge in [0, 0.05) is 18.3 Å². The second kappa shape index (κ2) is 7.79. The van der Waals surface area contributed by atoms with Gasteiger partial charge in [0.25, 0.3) is 0 Å². The lowest BCUT2D eigenvalue weighted by Crippen LogP contribution is -2.22. The number of ketones is 1. The van der Waals surface area contributed by atoms with Crippen molar-refractivity contribution >= 4 is 29.1 Å². The summed E-state index contributed by atoms with van der Waals surface area (Å²) in [5.41, 5.74) is 2.13. The monoisotopic (exact) mass is 384 g/mol. The molecule has 1 atom stereocenters. The van der Waals surface area contributed by atoms with Crippen molar-refractivity contribution in [3.05, 3.63) is 47.9 Å². The summed E-state index contributed by atoms with van der Waals surface area (Å²) in [7, 11) is 1.86. The van der Waals surface area contributed by atoms with E-state index in [0.29, 0.717) is 22.2 Å². The summed E-state index contributed by atoms with van der Waals surface area (Å²) in [6, 6.07) is 8.66. The molecule has 0 aliphatic carbocycles. The number of nitrogens with zero attached hydrogens (tertiary/aromatic N) is 3. The molecule has 1 aromatic carbocycles. The molecule has 8 heteroatoms. The van der Waals surface area contributed by atoms with E-state index in [2.05, 4.69) is 15.5 Å². The molecule has 0 saturated carbocycles. The van der Waals surface area contributed by atoms with Crippen LogP contribution in [0.2, 0.25) is 0 Å². The zero-order valence-corrected chi connectivity index (χ0v) is 16.3. The molecule has 7 nitrogen and oxygen atoms in total. The van der Waals surface area contributed by atoms with E-state index in [9.17, 15) is 9.59 Å². The Kier molecular flexibility index (Phi) is 5.46. The van der Waals surface area contributed by atoms with Crippen LogP contribution in [-0.2, 0) is 11.8 Å². The summed E-state index contributed by atoms with van der Waals surface area (Å²) in [5, 5.41) is 11.5. The third-order valence-corrected chi connectivity index (χ3v) is 5.28. The third-order valence-electron chi connectivity index (χ3n) is 4.15. The Hall–Kier alpha value is -2.87. The molecular weight excluding hydrogens is 364 g/mol.